The number of carbonyl (C=O) groups excluding carboxylic acids is 1. The van der Waals surface area contributed by atoms with Crippen molar-refractivity contribution in [1.29, 1.82) is 0 Å². The van der Waals surface area contributed by atoms with Gasteiger partial charge in [-0.2, -0.15) is 9.78 Å². The summed E-state index contributed by atoms with van der Waals surface area (Å²) in [7, 11) is 1.57. The Kier molecular flexibility index (Phi) is 5.31. The summed E-state index contributed by atoms with van der Waals surface area (Å²) in [6, 6.07) is 25.3. The van der Waals surface area contributed by atoms with Gasteiger partial charge < -0.3 is 9.47 Å². The highest BCUT2D eigenvalue weighted by atomic mass is 35.5. The fourth-order valence-electron chi connectivity index (χ4n) is 2.86. The summed E-state index contributed by atoms with van der Waals surface area (Å²) >= 11 is 6.36. The third kappa shape index (κ3) is 4.00. The highest BCUT2D eigenvalue weighted by Crippen LogP contribution is 2.30. The van der Waals surface area contributed by atoms with Crippen molar-refractivity contribution in [3.8, 4) is 28.6 Å². The van der Waals surface area contributed by atoms with Gasteiger partial charge in [0.25, 0.3) is 0 Å². The van der Waals surface area contributed by atoms with Gasteiger partial charge in [0.1, 0.15) is 5.75 Å². The van der Waals surface area contributed by atoms with Gasteiger partial charge in [0.05, 0.1) is 29.1 Å². The number of benzene rings is 3. The van der Waals surface area contributed by atoms with Crippen LogP contribution in [0.1, 0.15) is 10.4 Å². The standard InChI is InChI=1S/C23H17ClN2O3/c1-28-18-13-11-17(12-14-18)23(27)29-22-15-20(16-7-3-2-4-8-16)25-26(22)21-10-6-5-9-19(21)24/h2-15H,1H3. The van der Waals surface area contributed by atoms with E-state index in [1.807, 2.05) is 48.5 Å². The van der Waals surface area contributed by atoms with Crippen LogP contribution in [0.5, 0.6) is 11.6 Å². The summed E-state index contributed by atoms with van der Waals surface area (Å²) in [5.41, 5.74) is 2.59. The average Bonchev–Trinajstić information content (AvgIpc) is 3.18. The van der Waals surface area contributed by atoms with Crippen LogP contribution in [0.15, 0.2) is 84.9 Å². The van der Waals surface area contributed by atoms with Gasteiger partial charge >= 0.3 is 5.97 Å². The highest BCUT2D eigenvalue weighted by molar-refractivity contribution is 6.32. The fraction of sp³-hybridized carbons (Fsp3) is 0.0435. The molecule has 0 bridgehead atoms. The number of halogens is 1. The van der Waals surface area contributed by atoms with Gasteiger partial charge in [0.2, 0.25) is 5.88 Å². The van der Waals surface area contributed by atoms with Crippen molar-refractivity contribution >= 4 is 17.6 Å². The SMILES string of the molecule is COc1ccc(C(=O)Oc2cc(-c3ccccc3)nn2-c2ccccc2Cl)cc1. The highest BCUT2D eigenvalue weighted by Gasteiger charge is 2.18. The molecule has 1 aromatic heterocycles. The van der Waals surface area contributed by atoms with Crippen LogP contribution in [0.2, 0.25) is 5.02 Å². The minimum absolute atomic E-state index is 0.276. The van der Waals surface area contributed by atoms with Crippen molar-refractivity contribution in [3.05, 3.63) is 95.5 Å². The van der Waals surface area contributed by atoms with E-state index < -0.39 is 5.97 Å². The molecule has 5 nitrogen and oxygen atoms in total. The number of esters is 1. The van der Waals surface area contributed by atoms with E-state index in [0.717, 1.165) is 5.56 Å². The van der Waals surface area contributed by atoms with E-state index in [4.69, 9.17) is 21.1 Å². The van der Waals surface area contributed by atoms with E-state index in [9.17, 15) is 4.79 Å². The lowest BCUT2D eigenvalue weighted by molar-refractivity contribution is 0.0723. The molecule has 0 aliphatic heterocycles. The first-order chi connectivity index (χ1) is 14.2. The Balaban J connectivity index is 1.73. The lowest BCUT2D eigenvalue weighted by Crippen LogP contribution is -2.12. The van der Waals surface area contributed by atoms with E-state index in [1.54, 1.807) is 43.5 Å². The second kappa shape index (κ2) is 8.20. The first kappa shape index (κ1) is 18.8. The quantitative estimate of drug-likeness (QED) is 0.417. The molecular formula is C23H17ClN2O3. The molecule has 0 aliphatic carbocycles. The molecule has 0 amide bonds. The van der Waals surface area contributed by atoms with E-state index in [-0.39, 0.29) is 5.88 Å². The molecule has 4 rings (SSSR count). The van der Waals surface area contributed by atoms with Gasteiger partial charge in [0.15, 0.2) is 0 Å². The number of ether oxygens (including phenoxy) is 2. The zero-order chi connectivity index (χ0) is 20.2. The molecule has 4 aromatic rings. The van der Waals surface area contributed by atoms with Gasteiger partial charge in [0, 0.05) is 11.6 Å². The summed E-state index contributed by atoms with van der Waals surface area (Å²) in [6.45, 7) is 0. The number of methoxy groups -OCH3 is 1. The summed E-state index contributed by atoms with van der Waals surface area (Å²) in [5.74, 6) is 0.437. The molecule has 0 radical (unpaired) electrons. The Bertz CT molecular complexity index is 1140. The smallest absolute Gasteiger partial charge is 0.344 e. The van der Waals surface area contributed by atoms with Crippen molar-refractivity contribution in [2.45, 2.75) is 0 Å². The monoisotopic (exact) mass is 404 g/mol. The number of hydrogen-bond acceptors (Lipinski definition) is 4. The van der Waals surface area contributed by atoms with E-state index >= 15 is 0 Å². The summed E-state index contributed by atoms with van der Waals surface area (Å²) in [5, 5.41) is 5.12. The minimum atomic E-state index is -0.500. The lowest BCUT2D eigenvalue weighted by atomic mass is 10.2. The van der Waals surface area contributed by atoms with Crippen LogP contribution in [0.4, 0.5) is 0 Å². The van der Waals surface area contributed by atoms with Crippen molar-refractivity contribution in [3.63, 3.8) is 0 Å². The number of para-hydroxylation sites is 1. The Morgan fingerprint density at radius 2 is 1.62 bits per heavy atom. The molecule has 6 heteroatoms. The molecule has 3 aromatic carbocycles. The second-order valence-electron chi connectivity index (χ2n) is 6.22. The van der Waals surface area contributed by atoms with Crippen molar-refractivity contribution in [2.24, 2.45) is 0 Å². The maximum Gasteiger partial charge on any atom is 0.344 e. The van der Waals surface area contributed by atoms with Gasteiger partial charge in [-0.1, -0.05) is 54.1 Å². The van der Waals surface area contributed by atoms with Crippen LogP contribution in [0.3, 0.4) is 0 Å². The van der Waals surface area contributed by atoms with E-state index in [2.05, 4.69) is 5.10 Å². The maximum absolute atomic E-state index is 12.7. The van der Waals surface area contributed by atoms with Crippen LogP contribution in [0.25, 0.3) is 16.9 Å². The Hall–Kier alpha value is -3.57. The molecule has 0 unspecified atom stereocenters. The van der Waals surface area contributed by atoms with E-state index in [1.165, 1.54) is 4.68 Å². The number of nitrogens with zero attached hydrogens (tertiary/aromatic N) is 2. The molecule has 1 heterocycles. The third-order valence-corrected chi connectivity index (χ3v) is 4.67. The predicted molar refractivity (Wildman–Crippen MR) is 112 cm³/mol. The molecule has 0 saturated heterocycles. The molecule has 0 atom stereocenters. The van der Waals surface area contributed by atoms with E-state index in [0.29, 0.717) is 27.7 Å². The summed E-state index contributed by atoms with van der Waals surface area (Å²) in [4.78, 5) is 12.7. The first-order valence-corrected chi connectivity index (χ1v) is 9.30. The third-order valence-electron chi connectivity index (χ3n) is 4.35. The van der Waals surface area contributed by atoms with Gasteiger partial charge in [-0.25, -0.2) is 4.79 Å². The Morgan fingerprint density at radius 1 is 0.931 bits per heavy atom. The van der Waals surface area contributed by atoms with Crippen molar-refractivity contribution in [1.82, 2.24) is 9.78 Å². The van der Waals surface area contributed by atoms with Crippen LogP contribution in [-0.4, -0.2) is 22.9 Å². The summed E-state index contributed by atoms with van der Waals surface area (Å²) < 4.78 is 12.3. The number of aromatic nitrogens is 2. The molecule has 0 spiro atoms. The Morgan fingerprint density at radius 3 is 2.31 bits per heavy atom. The lowest BCUT2D eigenvalue weighted by Gasteiger charge is -2.09. The molecule has 0 fully saturated rings. The molecule has 144 valence electrons. The van der Waals surface area contributed by atoms with Gasteiger partial charge in [-0.3, -0.25) is 0 Å². The topological polar surface area (TPSA) is 53.4 Å². The predicted octanol–water partition coefficient (Wildman–Crippen LogP) is 5.42. The average molecular weight is 405 g/mol. The van der Waals surface area contributed by atoms with Crippen LogP contribution in [0, 0.1) is 0 Å². The molecule has 0 N–H and O–H groups in total. The fourth-order valence-corrected chi connectivity index (χ4v) is 3.08. The maximum atomic E-state index is 12.7. The minimum Gasteiger partial charge on any atom is -0.497 e. The number of hydrogen-bond donors (Lipinski definition) is 0. The zero-order valence-electron chi connectivity index (χ0n) is 15.6. The molecule has 0 aliphatic rings. The molecular weight excluding hydrogens is 388 g/mol. The van der Waals surface area contributed by atoms with Crippen molar-refractivity contribution in [2.75, 3.05) is 7.11 Å². The second-order valence-corrected chi connectivity index (χ2v) is 6.62. The zero-order valence-corrected chi connectivity index (χ0v) is 16.3. The largest absolute Gasteiger partial charge is 0.497 e. The van der Waals surface area contributed by atoms with Crippen molar-refractivity contribution < 1.29 is 14.3 Å². The molecule has 0 saturated carbocycles. The Labute approximate surface area is 173 Å². The van der Waals surface area contributed by atoms with Crippen LogP contribution in [-0.2, 0) is 0 Å². The summed E-state index contributed by atoms with van der Waals surface area (Å²) in [6.07, 6.45) is 0. The number of carbonyl (C=O) groups is 1. The molecule has 29 heavy (non-hydrogen) atoms. The first-order valence-electron chi connectivity index (χ1n) is 8.92. The van der Waals surface area contributed by atoms with Gasteiger partial charge in [-0.15, -0.1) is 0 Å². The van der Waals surface area contributed by atoms with Crippen LogP contribution < -0.4 is 9.47 Å². The normalized spacial score (nSPS) is 10.6. The number of rotatable bonds is 5. The van der Waals surface area contributed by atoms with Gasteiger partial charge in [-0.05, 0) is 36.4 Å². The van der Waals surface area contributed by atoms with Crippen LogP contribution >= 0.6 is 11.6 Å².